The lowest BCUT2D eigenvalue weighted by Gasteiger charge is -2.38. The van der Waals surface area contributed by atoms with Gasteiger partial charge < -0.3 is 10.5 Å². The van der Waals surface area contributed by atoms with E-state index in [2.05, 4.69) is 0 Å². The highest BCUT2D eigenvalue weighted by Crippen LogP contribution is 2.50. The second-order valence-electron chi connectivity index (χ2n) is 5.81. The molecule has 1 aliphatic carbocycles. The lowest BCUT2D eigenvalue weighted by molar-refractivity contribution is -0.148. The minimum Gasteiger partial charge on any atom is -0.450 e. The molecule has 4 heteroatoms. The molecule has 0 bridgehead atoms. The third-order valence-electron chi connectivity index (χ3n) is 4.34. The van der Waals surface area contributed by atoms with Gasteiger partial charge in [-0.25, -0.2) is 4.79 Å². The van der Waals surface area contributed by atoms with Crippen LogP contribution in [0.15, 0.2) is 53.1 Å². The molecule has 0 spiro atoms. The molecule has 0 saturated carbocycles. The van der Waals surface area contributed by atoms with Crippen molar-refractivity contribution in [1.29, 1.82) is 0 Å². The Morgan fingerprint density at radius 1 is 1.33 bits per heavy atom. The van der Waals surface area contributed by atoms with E-state index in [-0.39, 0.29) is 11.5 Å². The van der Waals surface area contributed by atoms with Gasteiger partial charge in [0.05, 0.1) is 0 Å². The molecule has 2 N–H and O–H groups in total. The van der Waals surface area contributed by atoms with E-state index in [1.54, 1.807) is 0 Å². The van der Waals surface area contributed by atoms with E-state index in [1.807, 2.05) is 50.3 Å². The van der Waals surface area contributed by atoms with Crippen molar-refractivity contribution in [3.05, 3.63) is 58.7 Å². The topological polar surface area (TPSA) is 69.4 Å². The van der Waals surface area contributed by atoms with Crippen LogP contribution in [0.1, 0.15) is 31.7 Å². The number of ether oxygens (including phenoxy) is 1. The second-order valence-corrected chi connectivity index (χ2v) is 5.81. The monoisotopic (exact) mass is 283 g/mol. The van der Waals surface area contributed by atoms with Gasteiger partial charge in [0.25, 0.3) is 5.91 Å². The number of fused-ring (bicyclic) bond motifs is 1. The van der Waals surface area contributed by atoms with Crippen molar-refractivity contribution in [2.75, 3.05) is 0 Å². The van der Waals surface area contributed by atoms with Crippen molar-refractivity contribution in [3.63, 3.8) is 0 Å². The van der Waals surface area contributed by atoms with E-state index < -0.39 is 17.5 Å². The fraction of sp³-hybridized carbons (Fsp3) is 0.294. The van der Waals surface area contributed by atoms with Crippen molar-refractivity contribution in [3.8, 4) is 0 Å². The number of hydrogen-bond acceptors (Lipinski definition) is 3. The summed E-state index contributed by atoms with van der Waals surface area (Å²) < 4.78 is 5.58. The summed E-state index contributed by atoms with van der Waals surface area (Å²) in [5, 5.41) is 0. The van der Waals surface area contributed by atoms with Crippen molar-refractivity contribution >= 4 is 11.9 Å². The predicted octanol–water partition coefficient (Wildman–Crippen LogP) is 2.22. The quantitative estimate of drug-likeness (QED) is 0.668. The van der Waals surface area contributed by atoms with Crippen LogP contribution in [-0.2, 0) is 14.3 Å². The number of allylic oxidation sites excluding steroid dienone is 1. The fourth-order valence-corrected chi connectivity index (χ4v) is 3.31. The average Bonchev–Trinajstić information content (AvgIpc) is 2.69. The van der Waals surface area contributed by atoms with Gasteiger partial charge in [-0.3, -0.25) is 4.79 Å². The highest BCUT2D eigenvalue weighted by atomic mass is 16.6. The van der Waals surface area contributed by atoms with Gasteiger partial charge in [-0.2, -0.15) is 0 Å². The fourth-order valence-electron chi connectivity index (χ4n) is 3.31. The number of esters is 1. The van der Waals surface area contributed by atoms with Crippen LogP contribution in [-0.4, -0.2) is 17.5 Å². The number of amides is 1. The van der Waals surface area contributed by atoms with Gasteiger partial charge in [-0.1, -0.05) is 42.0 Å². The molecular weight excluding hydrogens is 266 g/mol. The van der Waals surface area contributed by atoms with Crippen LogP contribution in [0, 0.1) is 0 Å². The maximum Gasteiger partial charge on any atom is 0.345 e. The van der Waals surface area contributed by atoms with Crippen LogP contribution in [0.25, 0.3) is 0 Å². The summed E-state index contributed by atoms with van der Waals surface area (Å²) in [5.41, 5.74) is 7.31. The summed E-state index contributed by atoms with van der Waals surface area (Å²) in [7, 11) is 0. The largest absolute Gasteiger partial charge is 0.450 e. The summed E-state index contributed by atoms with van der Waals surface area (Å²) in [5.74, 6) is -1.36. The zero-order valence-electron chi connectivity index (χ0n) is 12.1. The van der Waals surface area contributed by atoms with Crippen LogP contribution in [0.2, 0.25) is 0 Å². The SMILES string of the molecule is CC1=CC2=C(C(N)=O)C(=O)O[C@]2(C)[C@H](c2ccccc2)C1. The smallest absolute Gasteiger partial charge is 0.345 e. The van der Waals surface area contributed by atoms with E-state index in [0.29, 0.717) is 5.57 Å². The number of carbonyl (C=O) groups excluding carboxylic acids is 2. The molecule has 1 aromatic carbocycles. The number of primary amides is 1. The third kappa shape index (κ3) is 1.98. The first-order valence-corrected chi connectivity index (χ1v) is 6.93. The zero-order chi connectivity index (χ0) is 15.2. The van der Waals surface area contributed by atoms with Crippen LogP contribution >= 0.6 is 0 Å². The number of benzene rings is 1. The first kappa shape index (κ1) is 13.6. The van der Waals surface area contributed by atoms with E-state index in [9.17, 15) is 9.59 Å². The Kier molecular flexibility index (Phi) is 2.97. The zero-order valence-corrected chi connectivity index (χ0v) is 12.1. The molecule has 3 rings (SSSR count). The van der Waals surface area contributed by atoms with E-state index in [4.69, 9.17) is 10.5 Å². The molecule has 0 unspecified atom stereocenters. The Morgan fingerprint density at radius 3 is 2.62 bits per heavy atom. The van der Waals surface area contributed by atoms with E-state index in [0.717, 1.165) is 17.6 Å². The molecule has 21 heavy (non-hydrogen) atoms. The first-order chi connectivity index (χ1) is 9.93. The van der Waals surface area contributed by atoms with Gasteiger partial charge in [0, 0.05) is 11.5 Å². The Morgan fingerprint density at radius 2 is 2.00 bits per heavy atom. The Hall–Kier alpha value is -2.36. The number of nitrogens with two attached hydrogens (primary N) is 1. The molecule has 0 fully saturated rings. The molecule has 0 saturated heterocycles. The number of hydrogen-bond donors (Lipinski definition) is 1. The van der Waals surface area contributed by atoms with Crippen molar-refractivity contribution in [2.24, 2.45) is 5.73 Å². The normalized spacial score (nSPS) is 28.0. The summed E-state index contributed by atoms with van der Waals surface area (Å²) in [6.45, 7) is 3.85. The average molecular weight is 283 g/mol. The molecule has 108 valence electrons. The van der Waals surface area contributed by atoms with Crippen LogP contribution in [0.5, 0.6) is 0 Å². The molecule has 1 aromatic rings. The summed E-state index contributed by atoms with van der Waals surface area (Å²) in [4.78, 5) is 23.7. The van der Waals surface area contributed by atoms with Gasteiger partial charge in [-0.05, 0) is 25.8 Å². The first-order valence-electron chi connectivity index (χ1n) is 6.93. The molecule has 0 aromatic heterocycles. The molecule has 4 nitrogen and oxygen atoms in total. The molecule has 2 aliphatic rings. The van der Waals surface area contributed by atoms with Gasteiger partial charge in [0.1, 0.15) is 11.2 Å². The van der Waals surface area contributed by atoms with Crippen LogP contribution in [0.4, 0.5) is 0 Å². The molecule has 1 heterocycles. The van der Waals surface area contributed by atoms with Crippen LogP contribution < -0.4 is 5.73 Å². The maximum absolute atomic E-state index is 12.1. The van der Waals surface area contributed by atoms with Crippen molar-refractivity contribution < 1.29 is 14.3 Å². The number of carbonyl (C=O) groups is 2. The Bertz CT molecular complexity index is 687. The second kappa shape index (κ2) is 4.58. The third-order valence-corrected chi connectivity index (χ3v) is 4.34. The standard InChI is InChI=1S/C17H17NO3/c1-10-8-12(11-6-4-3-5-7-11)17(2)13(9-10)14(15(18)19)16(20)21-17/h3-7,9,12H,8H2,1-2H3,(H2,18,19)/t12-,17+/m0/s1. The van der Waals surface area contributed by atoms with Crippen LogP contribution in [0.3, 0.4) is 0 Å². The molecular formula is C17H17NO3. The van der Waals surface area contributed by atoms with E-state index in [1.165, 1.54) is 0 Å². The van der Waals surface area contributed by atoms with Crippen molar-refractivity contribution in [2.45, 2.75) is 31.8 Å². The summed E-state index contributed by atoms with van der Waals surface area (Å²) in [6.07, 6.45) is 2.65. The lowest BCUT2D eigenvalue weighted by Crippen LogP contribution is -2.38. The van der Waals surface area contributed by atoms with Gasteiger partial charge >= 0.3 is 5.97 Å². The van der Waals surface area contributed by atoms with Gasteiger partial charge in [0.15, 0.2) is 0 Å². The molecule has 0 radical (unpaired) electrons. The Balaban J connectivity index is 2.19. The highest BCUT2D eigenvalue weighted by molar-refractivity contribution is 6.18. The van der Waals surface area contributed by atoms with Crippen molar-refractivity contribution in [1.82, 2.24) is 0 Å². The maximum atomic E-state index is 12.1. The predicted molar refractivity (Wildman–Crippen MR) is 78.3 cm³/mol. The minimum absolute atomic E-state index is 0.0144. The summed E-state index contributed by atoms with van der Waals surface area (Å²) >= 11 is 0. The minimum atomic E-state index is -0.831. The molecule has 1 aliphatic heterocycles. The number of rotatable bonds is 2. The molecule has 2 atom stereocenters. The Labute approximate surface area is 123 Å². The highest BCUT2D eigenvalue weighted by Gasteiger charge is 2.52. The molecule has 1 amide bonds. The van der Waals surface area contributed by atoms with Gasteiger partial charge in [0.2, 0.25) is 0 Å². The van der Waals surface area contributed by atoms with E-state index >= 15 is 0 Å². The lowest BCUT2D eigenvalue weighted by atomic mass is 9.70. The summed E-state index contributed by atoms with van der Waals surface area (Å²) in [6, 6.07) is 9.90. The van der Waals surface area contributed by atoms with Gasteiger partial charge in [-0.15, -0.1) is 0 Å².